The molecule has 2 rings (SSSR count). The summed E-state index contributed by atoms with van der Waals surface area (Å²) < 4.78 is 29.8. The molecule has 0 bridgehead atoms. The molecule has 0 aromatic carbocycles. The smallest absolute Gasteiger partial charge is 0.395 e. The van der Waals surface area contributed by atoms with Gasteiger partial charge in [0.15, 0.2) is 0 Å². The predicted molar refractivity (Wildman–Crippen MR) is 79.5 cm³/mol. The van der Waals surface area contributed by atoms with E-state index in [9.17, 15) is 4.57 Å². The molecular formula is C15H25O4P. The van der Waals surface area contributed by atoms with Crippen LogP contribution in [0.2, 0.25) is 0 Å². The van der Waals surface area contributed by atoms with Gasteiger partial charge in [-0.15, -0.1) is 0 Å². The normalized spacial score (nSPS) is 30.1. The van der Waals surface area contributed by atoms with Gasteiger partial charge >= 0.3 is 7.60 Å². The molecule has 1 aliphatic carbocycles. The van der Waals surface area contributed by atoms with Crippen molar-refractivity contribution in [3.05, 3.63) is 23.2 Å². The van der Waals surface area contributed by atoms with E-state index >= 15 is 0 Å². The van der Waals surface area contributed by atoms with E-state index in [2.05, 4.69) is 19.1 Å². The topological polar surface area (TPSA) is 44.8 Å². The van der Waals surface area contributed by atoms with Crippen LogP contribution in [-0.2, 0) is 18.3 Å². The third kappa shape index (κ3) is 2.88. The molecule has 2 aliphatic rings. The van der Waals surface area contributed by atoms with Gasteiger partial charge in [-0.05, 0) is 51.2 Å². The molecule has 1 heterocycles. The van der Waals surface area contributed by atoms with E-state index in [0.29, 0.717) is 30.5 Å². The van der Waals surface area contributed by atoms with E-state index < -0.39 is 7.60 Å². The van der Waals surface area contributed by atoms with Crippen LogP contribution >= 0.6 is 7.60 Å². The van der Waals surface area contributed by atoms with Crippen LogP contribution in [-0.4, -0.2) is 19.3 Å². The van der Waals surface area contributed by atoms with Crippen molar-refractivity contribution in [1.29, 1.82) is 0 Å². The molecule has 0 fully saturated rings. The van der Waals surface area contributed by atoms with Gasteiger partial charge in [-0.3, -0.25) is 4.57 Å². The van der Waals surface area contributed by atoms with E-state index in [0.717, 1.165) is 18.4 Å². The van der Waals surface area contributed by atoms with Crippen molar-refractivity contribution in [2.75, 3.05) is 13.2 Å². The molecule has 0 aromatic rings. The fraction of sp³-hybridized carbons (Fsp3) is 0.733. The minimum Gasteiger partial charge on any atom is -0.478 e. The Morgan fingerprint density at radius 2 is 2.00 bits per heavy atom. The quantitative estimate of drug-likeness (QED) is 0.554. The molecule has 1 aliphatic heterocycles. The van der Waals surface area contributed by atoms with E-state index in [4.69, 9.17) is 13.8 Å². The molecule has 0 aromatic heterocycles. The summed E-state index contributed by atoms with van der Waals surface area (Å²) in [5.74, 6) is 0.795. The third-order valence-electron chi connectivity index (χ3n) is 4.17. The number of hydrogen-bond donors (Lipinski definition) is 0. The Bertz CT molecular complexity index is 445. The summed E-state index contributed by atoms with van der Waals surface area (Å²) in [6.45, 7) is 8.48. The number of rotatable bonds is 5. The molecule has 0 radical (unpaired) electrons. The van der Waals surface area contributed by atoms with Gasteiger partial charge in [-0.25, -0.2) is 0 Å². The van der Waals surface area contributed by atoms with Crippen molar-refractivity contribution < 1.29 is 18.3 Å². The molecular weight excluding hydrogens is 275 g/mol. The van der Waals surface area contributed by atoms with Crippen LogP contribution < -0.4 is 0 Å². The average Bonchev–Trinajstić information content (AvgIpc) is 2.43. The molecule has 0 unspecified atom stereocenters. The van der Waals surface area contributed by atoms with Gasteiger partial charge in [0.05, 0.1) is 13.2 Å². The summed E-state index contributed by atoms with van der Waals surface area (Å²) in [6.07, 6.45) is 6.41. The van der Waals surface area contributed by atoms with Gasteiger partial charge in [-0.2, -0.15) is 0 Å². The Hall–Kier alpha value is -0.570. The first-order valence-corrected chi connectivity index (χ1v) is 9.01. The van der Waals surface area contributed by atoms with Gasteiger partial charge in [0.25, 0.3) is 0 Å². The van der Waals surface area contributed by atoms with Crippen LogP contribution in [0.5, 0.6) is 0 Å². The molecule has 5 heteroatoms. The van der Waals surface area contributed by atoms with Crippen molar-refractivity contribution in [2.45, 2.75) is 46.6 Å². The van der Waals surface area contributed by atoms with E-state index in [1.807, 2.05) is 20.8 Å². The molecule has 0 amide bonds. The first-order chi connectivity index (χ1) is 9.53. The Labute approximate surface area is 121 Å². The fourth-order valence-corrected chi connectivity index (χ4v) is 4.88. The zero-order valence-electron chi connectivity index (χ0n) is 12.8. The molecule has 0 N–H and O–H groups in total. The Morgan fingerprint density at radius 3 is 2.60 bits per heavy atom. The van der Waals surface area contributed by atoms with Gasteiger partial charge < -0.3 is 13.8 Å². The highest BCUT2D eigenvalue weighted by atomic mass is 31.2. The summed E-state index contributed by atoms with van der Waals surface area (Å²) >= 11 is 0. The maximum atomic E-state index is 12.9. The predicted octanol–water partition coefficient (Wildman–Crippen LogP) is 4.49. The minimum atomic E-state index is -3.33. The number of ether oxygens (including phenoxy) is 1. The molecule has 0 saturated heterocycles. The zero-order valence-corrected chi connectivity index (χ0v) is 13.7. The van der Waals surface area contributed by atoms with Crippen molar-refractivity contribution in [3.8, 4) is 0 Å². The van der Waals surface area contributed by atoms with Gasteiger partial charge in [0.2, 0.25) is 5.50 Å². The Kier molecular flexibility index (Phi) is 5.11. The molecule has 0 saturated carbocycles. The monoisotopic (exact) mass is 300 g/mol. The molecule has 20 heavy (non-hydrogen) atoms. The summed E-state index contributed by atoms with van der Waals surface area (Å²) in [7, 11) is -3.33. The van der Waals surface area contributed by atoms with Crippen LogP contribution in [0, 0.1) is 11.8 Å². The lowest BCUT2D eigenvalue weighted by molar-refractivity contribution is 0.0507. The Morgan fingerprint density at radius 1 is 1.35 bits per heavy atom. The lowest BCUT2D eigenvalue weighted by Gasteiger charge is -2.40. The molecule has 114 valence electrons. The first-order valence-electron chi connectivity index (χ1n) is 7.47. The lowest BCUT2D eigenvalue weighted by atomic mass is 9.77. The fourth-order valence-electron chi connectivity index (χ4n) is 3.00. The molecule has 4 nitrogen and oxygen atoms in total. The summed E-state index contributed by atoms with van der Waals surface area (Å²) in [4.78, 5) is 0. The van der Waals surface area contributed by atoms with Crippen molar-refractivity contribution in [2.24, 2.45) is 11.8 Å². The first kappa shape index (κ1) is 15.8. The van der Waals surface area contributed by atoms with Crippen molar-refractivity contribution in [1.82, 2.24) is 0 Å². The highest BCUT2D eigenvalue weighted by Crippen LogP contribution is 2.61. The van der Waals surface area contributed by atoms with Gasteiger partial charge in [0.1, 0.15) is 6.10 Å². The second kappa shape index (κ2) is 6.46. The zero-order chi connectivity index (χ0) is 14.8. The average molecular weight is 300 g/mol. The minimum absolute atomic E-state index is 0.00770. The van der Waals surface area contributed by atoms with Crippen molar-refractivity contribution >= 4 is 7.60 Å². The molecule has 0 spiro atoms. The summed E-state index contributed by atoms with van der Waals surface area (Å²) in [5, 5.41) is 0. The largest absolute Gasteiger partial charge is 0.478 e. The molecule has 3 atom stereocenters. The summed E-state index contributed by atoms with van der Waals surface area (Å²) in [6, 6.07) is 0. The second-order valence-corrected chi connectivity index (χ2v) is 7.28. The number of allylic oxidation sites excluding steroid dienone is 2. The maximum absolute atomic E-state index is 12.9. The van der Waals surface area contributed by atoms with Gasteiger partial charge in [0, 0.05) is 5.92 Å². The number of fused-ring (bicyclic) bond motifs is 1. The van der Waals surface area contributed by atoms with Crippen LogP contribution in [0.15, 0.2) is 23.2 Å². The highest BCUT2D eigenvalue weighted by molar-refractivity contribution is 7.58. The van der Waals surface area contributed by atoms with E-state index in [1.165, 1.54) is 0 Å². The van der Waals surface area contributed by atoms with E-state index in [-0.39, 0.29) is 6.10 Å². The third-order valence-corrected chi connectivity index (χ3v) is 6.32. The maximum Gasteiger partial charge on any atom is 0.395 e. The highest BCUT2D eigenvalue weighted by Gasteiger charge is 2.43. The Balaban J connectivity index is 2.36. The number of hydrogen-bond acceptors (Lipinski definition) is 4. The standard InChI is InChI=1S/C15H25O4P/c1-5-17-20(16,18-6-2)15-12(4)11(3)13-9-7-8-10-14(13)19-15/h8,10-11,13-14H,5-7,9H2,1-4H3/t11-,13-,14+/m1/s1. The van der Waals surface area contributed by atoms with Gasteiger partial charge in [-0.1, -0.05) is 13.0 Å². The summed E-state index contributed by atoms with van der Waals surface area (Å²) in [5.41, 5.74) is 1.44. The SMILES string of the molecule is CCOP(=O)(OCC)C1=C(C)[C@@H](C)[C@H]2CCC=C[C@@H]2O1. The lowest BCUT2D eigenvalue weighted by Crippen LogP contribution is -2.35. The van der Waals surface area contributed by atoms with Crippen LogP contribution in [0.1, 0.15) is 40.5 Å². The second-order valence-electron chi connectivity index (χ2n) is 5.36. The van der Waals surface area contributed by atoms with Crippen LogP contribution in [0.25, 0.3) is 0 Å². The van der Waals surface area contributed by atoms with Crippen LogP contribution in [0.3, 0.4) is 0 Å². The van der Waals surface area contributed by atoms with E-state index in [1.54, 1.807) is 0 Å². The van der Waals surface area contributed by atoms with Crippen LogP contribution in [0.4, 0.5) is 0 Å². The van der Waals surface area contributed by atoms with Crippen molar-refractivity contribution in [3.63, 3.8) is 0 Å².